The smallest absolute Gasteiger partial charge is 0.272 e. The van der Waals surface area contributed by atoms with Crippen LogP contribution in [0.1, 0.15) is 22.9 Å². The van der Waals surface area contributed by atoms with Gasteiger partial charge < -0.3 is 4.98 Å². The van der Waals surface area contributed by atoms with Crippen molar-refractivity contribution in [2.24, 2.45) is 0 Å². The molecule has 4 heteroatoms. The molecule has 4 rings (SSSR count). The Morgan fingerprint density at radius 2 is 1.72 bits per heavy atom. The van der Waals surface area contributed by atoms with Crippen LogP contribution in [0.4, 0.5) is 10.2 Å². The summed E-state index contributed by atoms with van der Waals surface area (Å²) < 4.78 is 14.6. The van der Waals surface area contributed by atoms with Gasteiger partial charge >= 0.3 is 0 Å². The van der Waals surface area contributed by atoms with Crippen molar-refractivity contribution in [3.8, 4) is 0 Å². The van der Waals surface area contributed by atoms with Crippen LogP contribution in [0, 0.1) is 12.7 Å². The summed E-state index contributed by atoms with van der Waals surface area (Å²) in [5.74, 6) is 0.612. The number of halogens is 1. The lowest BCUT2D eigenvalue weighted by Crippen LogP contribution is -2.20. The fourth-order valence-corrected chi connectivity index (χ4v) is 3.32. The second-order valence-corrected chi connectivity index (χ2v) is 6.08. The van der Waals surface area contributed by atoms with E-state index in [-0.39, 0.29) is 11.9 Å². The summed E-state index contributed by atoms with van der Waals surface area (Å²) in [4.78, 5) is 6.58. The highest BCUT2D eigenvalue weighted by molar-refractivity contribution is 5.86. The van der Waals surface area contributed by atoms with Crippen molar-refractivity contribution in [3.05, 3.63) is 95.6 Å². The molecule has 2 heterocycles. The van der Waals surface area contributed by atoms with Crippen LogP contribution in [0.25, 0.3) is 10.9 Å². The van der Waals surface area contributed by atoms with Crippen LogP contribution in [-0.4, -0.2) is 4.98 Å². The number of H-pyrrole nitrogens is 2. The summed E-state index contributed by atoms with van der Waals surface area (Å²) in [5.41, 5.74) is 3.75. The number of pyridine rings is 1. The summed E-state index contributed by atoms with van der Waals surface area (Å²) >= 11 is 0. The Morgan fingerprint density at radius 3 is 2.52 bits per heavy atom. The lowest BCUT2D eigenvalue weighted by Gasteiger charge is -2.16. The van der Waals surface area contributed by atoms with Crippen LogP contribution in [0.2, 0.25) is 0 Å². The molecule has 25 heavy (non-hydrogen) atoms. The number of hydrogen-bond acceptors (Lipinski definition) is 1. The van der Waals surface area contributed by atoms with Gasteiger partial charge in [0.15, 0.2) is 0 Å². The number of nitrogens with one attached hydrogen (secondary N) is 3. The summed E-state index contributed by atoms with van der Waals surface area (Å²) in [6.07, 6.45) is 1.85. The number of aromatic nitrogens is 2. The molecule has 0 fully saturated rings. The maximum absolute atomic E-state index is 14.6. The van der Waals surface area contributed by atoms with Crippen LogP contribution in [-0.2, 0) is 0 Å². The number of aryl methyl sites for hydroxylation is 1. The molecule has 0 bridgehead atoms. The van der Waals surface area contributed by atoms with E-state index in [2.05, 4.69) is 21.4 Å². The first-order valence-electron chi connectivity index (χ1n) is 8.29. The second-order valence-electron chi connectivity index (χ2n) is 6.08. The number of anilines is 1. The number of benzene rings is 2. The highest BCUT2D eigenvalue weighted by atomic mass is 19.1. The van der Waals surface area contributed by atoms with Crippen molar-refractivity contribution >= 4 is 16.7 Å². The van der Waals surface area contributed by atoms with E-state index in [9.17, 15) is 4.39 Å². The maximum atomic E-state index is 14.6. The summed E-state index contributed by atoms with van der Waals surface area (Å²) in [7, 11) is 0. The minimum absolute atomic E-state index is 0.222. The standard InChI is InChI=1S/C21H18FN3/c1-14-20(16-9-3-5-11-18(16)24-14)21(15-8-2-4-10-17(15)22)25-19-12-6-7-13-23-19/h2-13,21,24H,1H3,(H,23,25)/p+1/t21-/m1/s1. The molecule has 2 aromatic heterocycles. The van der Waals surface area contributed by atoms with Crippen LogP contribution in [0.5, 0.6) is 0 Å². The number of fused-ring (bicyclic) bond motifs is 1. The molecule has 0 amide bonds. The van der Waals surface area contributed by atoms with E-state index in [1.165, 1.54) is 6.07 Å². The van der Waals surface area contributed by atoms with Gasteiger partial charge in [0.25, 0.3) is 5.82 Å². The zero-order valence-electron chi connectivity index (χ0n) is 13.9. The van der Waals surface area contributed by atoms with Crippen molar-refractivity contribution in [1.29, 1.82) is 0 Å². The highest BCUT2D eigenvalue weighted by Gasteiger charge is 2.27. The zero-order chi connectivity index (χ0) is 17.2. The van der Waals surface area contributed by atoms with Gasteiger partial charge in [-0.1, -0.05) is 42.5 Å². The second kappa shape index (κ2) is 6.40. The van der Waals surface area contributed by atoms with Crippen LogP contribution in [0.15, 0.2) is 72.9 Å². The van der Waals surface area contributed by atoms with Crippen molar-refractivity contribution in [2.45, 2.75) is 13.0 Å². The normalized spacial score (nSPS) is 12.2. The van der Waals surface area contributed by atoms with Gasteiger partial charge in [-0.2, -0.15) is 0 Å². The topological polar surface area (TPSA) is 42.0 Å². The molecule has 124 valence electrons. The third kappa shape index (κ3) is 2.87. The third-order valence-electron chi connectivity index (χ3n) is 4.46. The molecule has 0 aliphatic heterocycles. The quantitative estimate of drug-likeness (QED) is 0.562. The Morgan fingerprint density at radius 1 is 0.960 bits per heavy atom. The van der Waals surface area contributed by atoms with Crippen molar-refractivity contribution in [1.82, 2.24) is 4.98 Å². The predicted molar refractivity (Wildman–Crippen MR) is 97.9 cm³/mol. The molecule has 3 N–H and O–H groups in total. The first-order chi connectivity index (χ1) is 12.2. The average Bonchev–Trinajstić information content (AvgIpc) is 2.97. The molecule has 0 saturated heterocycles. The summed E-state index contributed by atoms with van der Waals surface area (Å²) in [5, 5.41) is 4.55. The number of rotatable bonds is 4. The zero-order valence-corrected chi connectivity index (χ0v) is 13.9. The van der Waals surface area contributed by atoms with Gasteiger partial charge in [0.05, 0.1) is 6.20 Å². The maximum Gasteiger partial charge on any atom is 0.272 e. The lowest BCUT2D eigenvalue weighted by molar-refractivity contribution is -0.361. The van der Waals surface area contributed by atoms with Crippen LogP contribution in [0.3, 0.4) is 0 Å². The lowest BCUT2D eigenvalue weighted by atomic mass is 9.95. The van der Waals surface area contributed by atoms with Gasteiger partial charge in [-0.25, -0.2) is 9.37 Å². The monoisotopic (exact) mass is 332 g/mol. The van der Waals surface area contributed by atoms with Gasteiger partial charge in [-0.3, -0.25) is 5.32 Å². The Hall–Kier alpha value is -3.14. The fourth-order valence-electron chi connectivity index (χ4n) is 3.32. The number of hydrogen-bond donors (Lipinski definition) is 2. The number of para-hydroxylation sites is 1. The molecule has 0 saturated carbocycles. The Bertz CT molecular complexity index is 1010. The van der Waals surface area contributed by atoms with Crippen molar-refractivity contribution in [2.75, 3.05) is 5.32 Å². The third-order valence-corrected chi connectivity index (χ3v) is 4.46. The molecule has 0 radical (unpaired) electrons. The molecule has 0 unspecified atom stereocenters. The van der Waals surface area contributed by atoms with Crippen LogP contribution >= 0.6 is 0 Å². The SMILES string of the molecule is Cc1[nH]c2ccccc2c1[C@H](Nc1cccc[nH+]1)c1ccccc1F. The molecule has 0 aliphatic carbocycles. The fraction of sp³-hybridized carbons (Fsp3) is 0.0952. The predicted octanol–water partition coefficient (Wildman–Crippen LogP) is 4.63. The Balaban J connectivity index is 1.91. The van der Waals surface area contributed by atoms with Gasteiger partial charge in [0.2, 0.25) is 0 Å². The molecule has 4 aromatic rings. The molecular weight excluding hydrogens is 313 g/mol. The van der Waals surface area contributed by atoms with Gasteiger partial charge in [0, 0.05) is 33.8 Å². The Kier molecular flexibility index (Phi) is 3.94. The minimum atomic E-state index is -0.309. The molecule has 2 aromatic carbocycles. The van der Waals surface area contributed by atoms with E-state index < -0.39 is 0 Å². The van der Waals surface area contributed by atoms with E-state index in [0.717, 1.165) is 28.0 Å². The molecule has 1 atom stereocenters. The van der Waals surface area contributed by atoms with E-state index in [1.807, 2.05) is 61.7 Å². The largest absolute Gasteiger partial charge is 0.358 e. The Labute approximate surface area is 145 Å². The van der Waals surface area contributed by atoms with E-state index in [1.54, 1.807) is 6.07 Å². The summed E-state index contributed by atoms with van der Waals surface area (Å²) in [6, 6.07) is 20.5. The van der Waals surface area contributed by atoms with Gasteiger partial charge in [-0.05, 0) is 25.1 Å². The van der Waals surface area contributed by atoms with E-state index >= 15 is 0 Å². The van der Waals surface area contributed by atoms with Crippen molar-refractivity contribution in [3.63, 3.8) is 0 Å². The molecular formula is C21H19FN3+. The molecule has 0 aliphatic rings. The van der Waals surface area contributed by atoms with E-state index in [0.29, 0.717) is 5.56 Å². The molecule has 0 spiro atoms. The van der Waals surface area contributed by atoms with E-state index in [4.69, 9.17) is 0 Å². The molecule has 3 nitrogen and oxygen atoms in total. The first kappa shape index (κ1) is 15.4. The summed E-state index contributed by atoms with van der Waals surface area (Å²) in [6.45, 7) is 2.03. The minimum Gasteiger partial charge on any atom is -0.358 e. The van der Waals surface area contributed by atoms with Crippen molar-refractivity contribution < 1.29 is 9.37 Å². The van der Waals surface area contributed by atoms with Crippen LogP contribution < -0.4 is 10.3 Å². The first-order valence-corrected chi connectivity index (χ1v) is 8.29. The highest BCUT2D eigenvalue weighted by Crippen LogP contribution is 2.34. The van der Waals surface area contributed by atoms with Gasteiger partial charge in [-0.15, -0.1) is 0 Å². The average molecular weight is 332 g/mol. The van der Waals surface area contributed by atoms with Gasteiger partial charge in [0.1, 0.15) is 11.9 Å². The number of aromatic amines is 2.